The van der Waals surface area contributed by atoms with Gasteiger partial charge in [-0.25, -0.2) is 0 Å². The average molecular weight is 349 g/mol. The summed E-state index contributed by atoms with van der Waals surface area (Å²) in [6, 6.07) is 1.90. The second-order valence-electron chi connectivity index (χ2n) is 5.62. The van der Waals surface area contributed by atoms with Gasteiger partial charge in [-0.3, -0.25) is 4.79 Å². The number of aryl methyl sites for hydroxylation is 1. The van der Waals surface area contributed by atoms with Crippen molar-refractivity contribution in [3.63, 3.8) is 0 Å². The topological polar surface area (TPSA) is 59.6 Å². The molecule has 1 aliphatic heterocycles. The highest BCUT2D eigenvalue weighted by Gasteiger charge is 2.33. The van der Waals surface area contributed by atoms with Crippen LogP contribution in [-0.4, -0.2) is 46.4 Å². The first-order valence-electron chi connectivity index (χ1n) is 7.22. The van der Waals surface area contributed by atoms with Crippen molar-refractivity contribution in [3.8, 4) is 5.75 Å². The number of carbonyl (C=O) groups is 1. The van der Waals surface area contributed by atoms with Crippen LogP contribution in [-0.2, 0) is 4.74 Å². The molecule has 2 rings (SSSR count). The monoisotopic (exact) mass is 348 g/mol. The predicted molar refractivity (Wildman–Crippen MR) is 91.6 cm³/mol. The molecular weight excluding hydrogens is 324 g/mol. The summed E-state index contributed by atoms with van der Waals surface area (Å²) in [7, 11) is 3.31. The van der Waals surface area contributed by atoms with E-state index in [-0.39, 0.29) is 23.7 Å². The molecule has 1 amide bonds. The molecule has 1 saturated heterocycles. The Morgan fingerprint density at radius 3 is 2.68 bits per heavy atom. The normalized spacial score (nSPS) is 16.7. The highest BCUT2D eigenvalue weighted by molar-refractivity contribution is 7.14. The van der Waals surface area contributed by atoms with Crippen molar-refractivity contribution in [2.75, 3.05) is 40.5 Å². The SMILES string of the molecule is COCC1(CNC(=O)c2sc(C)cc2OC)CCNCC1.Cl. The van der Waals surface area contributed by atoms with Gasteiger partial charge in [0, 0.05) is 23.9 Å². The van der Waals surface area contributed by atoms with E-state index in [0.717, 1.165) is 30.8 Å². The summed E-state index contributed by atoms with van der Waals surface area (Å²) in [6.07, 6.45) is 2.03. The summed E-state index contributed by atoms with van der Waals surface area (Å²) in [5, 5.41) is 6.42. The first-order valence-corrected chi connectivity index (χ1v) is 8.04. The minimum absolute atomic E-state index is 0. The maximum atomic E-state index is 12.4. The van der Waals surface area contributed by atoms with Gasteiger partial charge in [0.2, 0.25) is 0 Å². The lowest BCUT2D eigenvalue weighted by Gasteiger charge is -2.37. The number of carbonyl (C=O) groups excluding carboxylic acids is 1. The Labute approximate surface area is 142 Å². The van der Waals surface area contributed by atoms with Crippen molar-refractivity contribution < 1.29 is 14.3 Å². The van der Waals surface area contributed by atoms with Gasteiger partial charge >= 0.3 is 0 Å². The van der Waals surface area contributed by atoms with Crippen LogP contribution in [0.15, 0.2) is 6.07 Å². The predicted octanol–water partition coefficient (Wildman–Crippen LogP) is 2.23. The zero-order valence-electron chi connectivity index (χ0n) is 13.4. The first kappa shape index (κ1) is 19.2. The van der Waals surface area contributed by atoms with Crippen LogP contribution >= 0.6 is 23.7 Å². The van der Waals surface area contributed by atoms with E-state index in [0.29, 0.717) is 23.8 Å². The molecule has 1 aromatic heterocycles. The molecule has 0 atom stereocenters. The lowest BCUT2D eigenvalue weighted by atomic mass is 9.79. The van der Waals surface area contributed by atoms with Gasteiger partial charge in [-0.05, 0) is 38.9 Å². The third-order valence-corrected chi connectivity index (χ3v) is 5.02. The third-order valence-electron chi connectivity index (χ3n) is 3.99. The summed E-state index contributed by atoms with van der Waals surface area (Å²) in [6.45, 7) is 5.24. The van der Waals surface area contributed by atoms with E-state index in [2.05, 4.69) is 10.6 Å². The molecule has 7 heteroatoms. The van der Waals surface area contributed by atoms with Crippen molar-refractivity contribution in [2.24, 2.45) is 5.41 Å². The first-order chi connectivity index (χ1) is 10.1. The Balaban J connectivity index is 0.00000242. The standard InChI is InChI=1S/C15H24N2O3S.ClH/c1-11-8-12(20-3)13(21-11)14(18)17-9-15(10-19-2)4-6-16-7-5-15;/h8,16H,4-7,9-10H2,1-3H3,(H,17,18);1H. The van der Waals surface area contributed by atoms with Crippen LogP contribution in [0.5, 0.6) is 5.75 Å². The second kappa shape index (κ2) is 8.72. The van der Waals surface area contributed by atoms with Gasteiger partial charge in [0.15, 0.2) is 0 Å². The van der Waals surface area contributed by atoms with Crippen LogP contribution in [0.2, 0.25) is 0 Å². The van der Waals surface area contributed by atoms with Gasteiger partial charge in [-0.2, -0.15) is 0 Å². The minimum atomic E-state index is -0.0565. The van der Waals surface area contributed by atoms with Gasteiger partial charge in [0.1, 0.15) is 10.6 Å². The fraction of sp³-hybridized carbons (Fsp3) is 0.667. The maximum absolute atomic E-state index is 12.4. The Morgan fingerprint density at radius 1 is 1.41 bits per heavy atom. The van der Waals surface area contributed by atoms with Crippen LogP contribution < -0.4 is 15.4 Å². The number of hydrogen-bond acceptors (Lipinski definition) is 5. The molecule has 0 radical (unpaired) electrons. The van der Waals surface area contributed by atoms with Crippen LogP contribution in [0.3, 0.4) is 0 Å². The Bertz CT molecular complexity index is 482. The van der Waals surface area contributed by atoms with Gasteiger partial charge in [-0.15, -0.1) is 23.7 Å². The molecule has 0 bridgehead atoms. The van der Waals surface area contributed by atoms with E-state index in [1.165, 1.54) is 11.3 Å². The second-order valence-corrected chi connectivity index (χ2v) is 6.88. The molecule has 5 nitrogen and oxygen atoms in total. The van der Waals surface area contributed by atoms with Gasteiger partial charge in [0.05, 0.1) is 13.7 Å². The molecule has 0 unspecified atom stereocenters. The molecule has 0 saturated carbocycles. The molecule has 22 heavy (non-hydrogen) atoms. The number of halogens is 1. The maximum Gasteiger partial charge on any atom is 0.265 e. The summed E-state index contributed by atoms with van der Waals surface area (Å²) in [5.74, 6) is 0.597. The summed E-state index contributed by atoms with van der Waals surface area (Å²) >= 11 is 1.47. The van der Waals surface area contributed by atoms with E-state index in [1.54, 1.807) is 14.2 Å². The highest BCUT2D eigenvalue weighted by Crippen LogP contribution is 2.30. The number of rotatable bonds is 6. The molecular formula is C15H25ClN2O3S. The van der Waals surface area contributed by atoms with E-state index < -0.39 is 0 Å². The number of methoxy groups -OCH3 is 2. The lowest BCUT2D eigenvalue weighted by Crippen LogP contribution is -2.47. The van der Waals surface area contributed by atoms with E-state index in [4.69, 9.17) is 9.47 Å². The smallest absolute Gasteiger partial charge is 0.265 e. The van der Waals surface area contributed by atoms with Crippen LogP contribution in [0, 0.1) is 12.3 Å². The zero-order valence-corrected chi connectivity index (χ0v) is 15.0. The van der Waals surface area contributed by atoms with Gasteiger partial charge < -0.3 is 20.1 Å². The van der Waals surface area contributed by atoms with Crippen LogP contribution in [0.25, 0.3) is 0 Å². The van der Waals surface area contributed by atoms with Crippen LogP contribution in [0.1, 0.15) is 27.4 Å². The molecule has 0 aromatic carbocycles. The van der Waals surface area contributed by atoms with E-state index in [1.807, 2.05) is 13.0 Å². The lowest BCUT2D eigenvalue weighted by molar-refractivity contribution is 0.0512. The van der Waals surface area contributed by atoms with Crippen molar-refractivity contribution in [1.29, 1.82) is 0 Å². The van der Waals surface area contributed by atoms with E-state index in [9.17, 15) is 4.79 Å². The van der Waals surface area contributed by atoms with Crippen molar-refractivity contribution in [2.45, 2.75) is 19.8 Å². The van der Waals surface area contributed by atoms with Crippen molar-refractivity contribution in [1.82, 2.24) is 10.6 Å². The van der Waals surface area contributed by atoms with Gasteiger partial charge in [-0.1, -0.05) is 0 Å². The largest absolute Gasteiger partial charge is 0.495 e. The summed E-state index contributed by atoms with van der Waals surface area (Å²) in [4.78, 5) is 14.1. The minimum Gasteiger partial charge on any atom is -0.495 e. The van der Waals surface area contributed by atoms with E-state index >= 15 is 0 Å². The average Bonchev–Trinajstić information content (AvgIpc) is 2.87. The molecule has 1 aliphatic rings. The van der Waals surface area contributed by atoms with Crippen molar-refractivity contribution >= 4 is 29.7 Å². The third kappa shape index (κ3) is 4.59. The number of ether oxygens (including phenoxy) is 2. The summed E-state index contributed by atoms with van der Waals surface area (Å²) < 4.78 is 10.6. The number of hydrogen-bond donors (Lipinski definition) is 2. The molecule has 2 heterocycles. The zero-order chi connectivity index (χ0) is 15.3. The van der Waals surface area contributed by atoms with Crippen LogP contribution in [0.4, 0.5) is 0 Å². The molecule has 2 N–H and O–H groups in total. The molecule has 1 fully saturated rings. The Morgan fingerprint density at radius 2 is 2.09 bits per heavy atom. The number of thiophene rings is 1. The molecule has 1 aromatic rings. The fourth-order valence-electron chi connectivity index (χ4n) is 2.78. The fourth-order valence-corrected chi connectivity index (χ4v) is 3.68. The number of amides is 1. The molecule has 126 valence electrons. The van der Waals surface area contributed by atoms with Crippen molar-refractivity contribution in [3.05, 3.63) is 15.8 Å². The van der Waals surface area contributed by atoms with Gasteiger partial charge in [0.25, 0.3) is 5.91 Å². The Hall–Kier alpha value is -0.820. The highest BCUT2D eigenvalue weighted by atomic mass is 35.5. The number of piperidine rings is 1. The quantitative estimate of drug-likeness (QED) is 0.827. The molecule has 0 aliphatic carbocycles. The molecule has 0 spiro atoms. The number of nitrogens with one attached hydrogen (secondary N) is 2. The summed E-state index contributed by atoms with van der Waals surface area (Å²) in [5.41, 5.74) is 0.0369. The Kier molecular flexibility index (Phi) is 7.62.